The molecule has 2 rings (SSSR count). The van der Waals surface area contributed by atoms with Crippen molar-refractivity contribution >= 4 is 11.4 Å². The number of hydrogen-bond acceptors (Lipinski definition) is 3. The Labute approximate surface area is 77.8 Å². The molecule has 3 nitrogen and oxygen atoms in total. The molecular weight excluding hydrogens is 164 g/mol. The van der Waals surface area contributed by atoms with Crippen LogP contribution in [0.25, 0.3) is 0 Å². The molecular formula is C10H14N2O. The first-order valence-corrected chi connectivity index (χ1v) is 4.61. The van der Waals surface area contributed by atoms with Gasteiger partial charge in [0.2, 0.25) is 0 Å². The van der Waals surface area contributed by atoms with E-state index >= 15 is 0 Å². The van der Waals surface area contributed by atoms with Crippen molar-refractivity contribution in [3.05, 3.63) is 18.2 Å². The van der Waals surface area contributed by atoms with Gasteiger partial charge >= 0.3 is 0 Å². The standard InChI is InChI=1S/C10H14N2O/c11-9-7-8(13)3-4-10(9)12-5-1-2-6-12/h3-4,7,13H,1-2,5-6,11H2. The summed E-state index contributed by atoms with van der Waals surface area (Å²) in [5.41, 5.74) is 7.52. The number of benzene rings is 1. The van der Waals surface area contributed by atoms with Gasteiger partial charge in [0.15, 0.2) is 0 Å². The van der Waals surface area contributed by atoms with E-state index in [0.717, 1.165) is 18.8 Å². The van der Waals surface area contributed by atoms with Crippen LogP contribution in [0.4, 0.5) is 11.4 Å². The number of phenols is 1. The van der Waals surface area contributed by atoms with Crippen LogP contribution in [0.1, 0.15) is 12.8 Å². The zero-order chi connectivity index (χ0) is 9.26. The van der Waals surface area contributed by atoms with Gasteiger partial charge in [0, 0.05) is 19.2 Å². The van der Waals surface area contributed by atoms with Crippen LogP contribution < -0.4 is 10.6 Å². The number of nitrogen functional groups attached to an aromatic ring is 1. The summed E-state index contributed by atoms with van der Waals surface area (Å²) in [5, 5.41) is 9.18. The van der Waals surface area contributed by atoms with Crippen LogP contribution >= 0.6 is 0 Å². The van der Waals surface area contributed by atoms with Crippen molar-refractivity contribution < 1.29 is 5.11 Å². The summed E-state index contributed by atoms with van der Waals surface area (Å²) >= 11 is 0. The lowest BCUT2D eigenvalue weighted by atomic mass is 10.2. The minimum Gasteiger partial charge on any atom is -0.508 e. The molecule has 3 heteroatoms. The van der Waals surface area contributed by atoms with E-state index < -0.39 is 0 Å². The number of nitrogens with zero attached hydrogens (tertiary/aromatic N) is 1. The molecule has 0 unspecified atom stereocenters. The summed E-state index contributed by atoms with van der Waals surface area (Å²) in [6, 6.07) is 5.17. The molecule has 1 fully saturated rings. The van der Waals surface area contributed by atoms with E-state index in [2.05, 4.69) is 4.90 Å². The molecule has 0 amide bonds. The Morgan fingerprint density at radius 1 is 1.23 bits per heavy atom. The Balaban J connectivity index is 2.29. The lowest BCUT2D eigenvalue weighted by Crippen LogP contribution is -2.18. The Hall–Kier alpha value is -1.38. The van der Waals surface area contributed by atoms with E-state index in [1.54, 1.807) is 12.1 Å². The SMILES string of the molecule is Nc1cc(O)ccc1N1CCCC1. The maximum absolute atomic E-state index is 9.18. The fourth-order valence-electron chi connectivity index (χ4n) is 1.79. The van der Waals surface area contributed by atoms with Crippen LogP contribution in [0.2, 0.25) is 0 Å². The molecule has 1 aliphatic heterocycles. The van der Waals surface area contributed by atoms with E-state index in [4.69, 9.17) is 5.73 Å². The number of hydrogen-bond donors (Lipinski definition) is 2. The van der Waals surface area contributed by atoms with Gasteiger partial charge in [-0.15, -0.1) is 0 Å². The number of phenolic OH excluding ortho intramolecular Hbond substituents is 1. The van der Waals surface area contributed by atoms with Crippen LogP contribution in [0.3, 0.4) is 0 Å². The molecule has 1 aliphatic rings. The molecule has 0 aliphatic carbocycles. The van der Waals surface area contributed by atoms with Crippen LogP contribution in [0, 0.1) is 0 Å². The Bertz CT molecular complexity index is 306. The fourth-order valence-corrected chi connectivity index (χ4v) is 1.79. The van der Waals surface area contributed by atoms with E-state index in [0.29, 0.717) is 5.69 Å². The minimum atomic E-state index is 0.237. The first kappa shape index (κ1) is 8.23. The topological polar surface area (TPSA) is 49.5 Å². The third-order valence-corrected chi connectivity index (χ3v) is 2.46. The van der Waals surface area contributed by atoms with Crippen molar-refractivity contribution in [2.45, 2.75) is 12.8 Å². The van der Waals surface area contributed by atoms with Crippen molar-refractivity contribution in [1.82, 2.24) is 0 Å². The molecule has 0 radical (unpaired) electrons. The molecule has 13 heavy (non-hydrogen) atoms. The predicted octanol–water partition coefficient (Wildman–Crippen LogP) is 1.57. The van der Waals surface area contributed by atoms with Gasteiger partial charge in [-0.05, 0) is 25.0 Å². The highest BCUT2D eigenvalue weighted by molar-refractivity contribution is 5.69. The zero-order valence-corrected chi connectivity index (χ0v) is 7.53. The fraction of sp³-hybridized carbons (Fsp3) is 0.400. The highest BCUT2D eigenvalue weighted by Gasteiger charge is 2.14. The van der Waals surface area contributed by atoms with Gasteiger partial charge < -0.3 is 15.7 Å². The smallest absolute Gasteiger partial charge is 0.117 e. The van der Waals surface area contributed by atoms with Crippen LogP contribution in [0.5, 0.6) is 5.75 Å². The van der Waals surface area contributed by atoms with Crippen molar-refractivity contribution in [3.8, 4) is 5.75 Å². The molecule has 1 aromatic carbocycles. The third-order valence-electron chi connectivity index (χ3n) is 2.46. The molecule has 0 saturated carbocycles. The van der Waals surface area contributed by atoms with Gasteiger partial charge in [-0.3, -0.25) is 0 Å². The van der Waals surface area contributed by atoms with Gasteiger partial charge in [0.25, 0.3) is 0 Å². The lowest BCUT2D eigenvalue weighted by molar-refractivity contribution is 0.475. The summed E-state index contributed by atoms with van der Waals surface area (Å²) in [4.78, 5) is 2.26. The monoisotopic (exact) mass is 178 g/mol. The quantitative estimate of drug-likeness (QED) is 0.642. The molecule has 70 valence electrons. The highest BCUT2D eigenvalue weighted by Crippen LogP contribution is 2.29. The van der Waals surface area contributed by atoms with Gasteiger partial charge in [-0.1, -0.05) is 0 Å². The second kappa shape index (κ2) is 3.17. The van der Waals surface area contributed by atoms with E-state index in [9.17, 15) is 5.11 Å². The number of rotatable bonds is 1. The maximum Gasteiger partial charge on any atom is 0.117 e. The summed E-state index contributed by atoms with van der Waals surface area (Å²) < 4.78 is 0. The summed E-state index contributed by atoms with van der Waals surface area (Å²) in [6.07, 6.45) is 2.47. The van der Waals surface area contributed by atoms with Gasteiger partial charge in [-0.2, -0.15) is 0 Å². The van der Waals surface area contributed by atoms with E-state index in [1.807, 2.05) is 6.07 Å². The van der Waals surface area contributed by atoms with Crippen molar-refractivity contribution in [1.29, 1.82) is 0 Å². The van der Waals surface area contributed by atoms with Gasteiger partial charge in [0.05, 0.1) is 11.4 Å². The van der Waals surface area contributed by atoms with Crippen molar-refractivity contribution in [2.75, 3.05) is 23.7 Å². The number of anilines is 2. The third kappa shape index (κ3) is 1.54. The molecule has 1 heterocycles. The highest BCUT2D eigenvalue weighted by atomic mass is 16.3. The number of nitrogens with two attached hydrogens (primary N) is 1. The molecule has 1 saturated heterocycles. The Morgan fingerprint density at radius 2 is 1.92 bits per heavy atom. The van der Waals surface area contributed by atoms with E-state index in [1.165, 1.54) is 12.8 Å². The van der Waals surface area contributed by atoms with E-state index in [-0.39, 0.29) is 5.75 Å². The molecule has 0 aromatic heterocycles. The zero-order valence-electron chi connectivity index (χ0n) is 7.53. The number of aromatic hydroxyl groups is 1. The first-order chi connectivity index (χ1) is 6.27. The van der Waals surface area contributed by atoms with Gasteiger partial charge in [-0.25, -0.2) is 0 Å². The molecule has 0 bridgehead atoms. The van der Waals surface area contributed by atoms with Crippen LogP contribution in [0.15, 0.2) is 18.2 Å². The molecule has 1 aromatic rings. The second-order valence-electron chi connectivity index (χ2n) is 3.44. The van der Waals surface area contributed by atoms with Gasteiger partial charge in [0.1, 0.15) is 5.75 Å². The summed E-state index contributed by atoms with van der Waals surface area (Å²) in [5.74, 6) is 0.237. The summed E-state index contributed by atoms with van der Waals surface area (Å²) in [6.45, 7) is 2.16. The first-order valence-electron chi connectivity index (χ1n) is 4.61. The largest absolute Gasteiger partial charge is 0.508 e. The Kier molecular flexibility index (Phi) is 2.00. The summed E-state index contributed by atoms with van der Waals surface area (Å²) in [7, 11) is 0. The molecule has 0 atom stereocenters. The average Bonchev–Trinajstić information content (AvgIpc) is 2.56. The van der Waals surface area contributed by atoms with Crippen molar-refractivity contribution in [2.24, 2.45) is 0 Å². The second-order valence-corrected chi connectivity index (χ2v) is 3.44. The van der Waals surface area contributed by atoms with Crippen LogP contribution in [-0.4, -0.2) is 18.2 Å². The molecule has 0 spiro atoms. The van der Waals surface area contributed by atoms with Crippen molar-refractivity contribution in [3.63, 3.8) is 0 Å². The lowest BCUT2D eigenvalue weighted by Gasteiger charge is -2.19. The maximum atomic E-state index is 9.18. The predicted molar refractivity (Wildman–Crippen MR) is 54.0 cm³/mol. The Morgan fingerprint density at radius 3 is 2.54 bits per heavy atom. The molecule has 3 N–H and O–H groups in total. The van der Waals surface area contributed by atoms with Crippen LogP contribution in [-0.2, 0) is 0 Å². The normalized spacial score (nSPS) is 16.5. The minimum absolute atomic E-state index is 0.237. The average molecular weight is 178 g/mol.